The number of hydrogen-bond donors (Lipinski definition) is 1. The lowest BCUT2D eigenvalue weighted by Crippen LogP contribution is -2.48. The van der Waals surface area contributed by atoms with Gasteiger partial charge in [-0.05, 0) is 113 Å². The van der Waals surface area contributed by atoms with E-state index in [4.69, 9.17) is 0 Å². The van der Waals surface area contributed by atoms with Gasteiger partial charge in [0.1, 0.15) is 0 Å². The highest BCUT2D eigenvalue weighted by Gasteiger charge is 2.52. The molecule has 1 heteroatoms. The van der Waals surface area contributed by atoms with Gasteiger partial charge in [-0.3, -0.25) is 0 Å². The van der Waals surface area contributed by atoms with E-state index in [2.05, 4.69) is 121 Å². The number of nitrogens with one attached hydrogen (secondary N) is 1. The second-order valence-electron chi connectivity index (χ2n) is 12.5. The minimum Gasteiger partial charge on any atom is -0.355 e. The van der Waals surface area contributed by atoms with Gasteiger partial charge < -0.3 is 5.32 Å². The van der Waals surface area contributed by atoms with E-state index in [0.29, 0.717) is 5.41 Å². The predicted molar refractivity (Wildman–Crippen MR) is 164 cm³/mol. The maximum Gasteiger partial charge on any atom is 0.0463 e. The van der Waals surface area contributed by atoms with E-state index >= 15 is 0 Å². The Morgan fingerprint density at radius 2 is 1.08 bits per heavy atom. The standard InChI is InChI=1S/C38H35N/c1-2-8-29(9-3-1)33-10-6-7-13-37(33)39-31-16-14-30(15-17-31)32-18-19-36(35-12-5-4-11-34(32)35)38-23-26-20-27(24-38)22-28(21-26)25-38/h1-19,26-28,39H,20-25H2/t26-,27+,28?,38?. The van der Waals surface area contributed by atoms with Crippen molar-refractivity contribution in [3.63, 3.8) is 0 Å². The summed E-state index contributed by atoms with van der Waals surface area (Å²) in [6.45, 7) is 0. The molecule has 0 aliphatic heterocycles. The second kappa shape index (κ2) is 9.12. The van der Waals surface area contributed by atoms with E-state index in [9.17, 15) is 0 Å². The first-order valence-corrected chi connectivity index (χ1v) is 14.8. The quantitative estimate of drug-likeness (QED) is 0.250. The van der Waals surface area contributed by atoms with Crippen LogP contribution in [0.3, 0.4) is 0 Å². The van der Waals surface area contributed by atoms with Gasteiger partial charge in [0.15, 0.2) is 0 Å². The molecule has 5 aromatic carbocycles. The monoisotopic (exact) mass is 505 g/mol. The van der Waals surface area contributed by atoms with Gasteiger partial charge in [-0.2, -0.15) is 0 Å². The van der Waals surface area contributed by atoms with Crippen molar-refractivity contribution in [3.8, 4) is 22.3 Å². The number of hydrogen-bond acceptors (Lipinski definition) is 1. The highest BCUT2D eigenvalue weighted by atomic mass is 14.9. The number of rotatable bonds is 5. The van der Waals surface area contributed by atoms with E-state index in [1.807, 2.05) is 0 Å². The number of anilines is 2. The second-order valence-corrected chi connectivity index (χ2v) is 12.5. The van der Waals surface area contributed by atoms with Crippen molar-refractivity contribution in [3.05, 3.63) is 121 Å². The summed E-state index contributed by atoms with van der Waals surface area (Å²) in [7, 11) is 0. The first-order chi connectivity index (χ1) is 19.2. The van der Waals surface area contributed by atoms with Gasteiger partial charge in [0.25, 0.3) is 0 Å². The van der Waals surface area contributed by atoms with Gasteiger partial charge in [-0.1, -0.05) is 97.1 Å². The number of fused-ring (bicyclic) bond motifs is 1. The highest BCUT2D eigenvalue weighted by Crippen LogP contribution is 2.61. The Morgan fingerprint density at radius 1 is 0.487 bits per heavy atom. The summed E-state index contributed by atoms with van der Waals surface area (Å²) in [6, 6.07) is 42.3. The lowest BCUT2D eigenvalue weighted by molar-refractivity contribution is -0.00449. The molecule has 0 saturated heterocycles. The molecule has 39 heavy (non-hydrogen) atoms. The van der Waals surface area contributed by atoms with Crippen LogP contribution < -0.4 is 5.32 Å². The van der Waals surface area contributed by atoms with Crippen molar-refractivity contribution in [1.82, 2.24) is 0 Å². The Labute approximate surface area is 231 Å². The molecule has 9 rings (SSSR count). The van der Waals surface area contributed by atoms with E-state index in [1.165, 1.54) is 71.6 Å². The van der Waals surface area contributed by atoms with Crippen LogP contribution in [0.4, 0.5) is 11.4 Å². The molecule has 4 fully saturated rings. The predicted octanol–water partition coefficient (Wildman–Crippen LogP) is 10.4. The Kier molecular flexibility index (Phi) is 5.40. The largest absolute Gasteiger partial charge is 0.355 e. The molecule has 4 aliphatic carbocycles. The first-order valence-electron chi connectivity index (χ1n) is 14.8. The van der Waals surface area contributed by atoms with Crippen LogP contribution in [0.15, 0.2) is 115 Å². The molecule has 192 valence electrons. The normalized spacial score (nSPS) is 25.2. The van der Waals surface area contributed by atoms with Gasteiger partial charge in [-0.15, -0.1) is 0 Å². The molecule has 5 aromatic rings. The average Bonchev–Trinajstić information content (AvgIpc) is 2.97. The topological polar surface area (TPSA) is 12.0 Å². The fourth-order valence-corrected chi connectivity index (χ4v) is 8.80. The zero-order chi connectivity index (χ0) is 25.8. The summed E-state index contributed by atoms with van der Waals surface area (Å²) in [5.41, 5.74) is 9.35. The molecule has 1 N–H and O–H groups in total. The maximum absolute atomic E-state index is 3.67. The molecular formula is C38H35N. The smallest absolute Gasteiger partial charge is 0.0463 e. The summed E-state index contributed by atoms with van der Waals surface area (Å²) in [5, 5.41) is 6.56. The molecule has 4 aliphatic rings. The van der Waals surface area contributed by atoms with Crippen LogP contribution in [0, 0.1) is 17.8 Å². The average molecular weight is 506 g/mol. The van der Waals surface area contributed by atoms with Crippen molar-refractivity contribution in [1.29, 1.82) is 0 Å². The van der Waals surface area contributed by atoms with Crippen molar-refractivity contribution >= 4 is 22.1 Å². The molecule has 0 spiro atoms. The van der Waals surface area contributed by atoms with Crippen LogP contribution in [0.1, 0.15) is 44.1 Å². The molecule has 0 amide bonds. The van der Waals surface area contributed by atoms with Gasteiger partial charge in [-0.25, -0.2) is 0 Å². The Balaban J connectivity index is 1.13. The minimum atomic E-state index is 0.410. The summed E-state index contributed by atoms with van der Waals surface area (Å²) in [5.74, 6) is 2.88. The summed E-state index contributed by atoms with van der Waals surface area (Å²) < 4.78 is 0. The summed E-state index contributed by atoms with van der Waals surface area (Å²) in [6.07, 6.45) is 8.70. The zero-order valence-corrected chi connectivity index (χ0v) is 22.4. The molecule has 0 aromatic heterocycles. The Hall–Kier alpha value is -3.84. The minimum absolute atomic E-state index is 0.410. The van der Waals surface area contributed by atoms with E-state index in [1.54, 1.807) is 5.56 Å². The van der Waals surface area contributed by atoms with Crippen molar-refractivity contribution in [2.45, 2.75) is 43.9 Å². The van der Waals surface area contributed by atoms with Crippen LogP contribution in [0.25, 0.3) is 33.0 Å². The van der Waals surface area contributed by atoms with Crippen molar-refractivity contribution in [2.24, 2.45) is 17.8 Å². The SMILES string of the molecule is c1ccc(-c2ccccc2Nc2ccc(-c3ccc(C45CC6C[C@H](C4)C[C@@H](C6)C5)c4ccccc34)cc2)cc1. The summed E-state index contributed by atoms with van der Waals surface area (Å²) >= 11 is 0. The van der Waals surface area contributed by atoms with Crippen LogP contribution in [0.5, 0.6) is 0 Å². The molecule has 0 atom stereocenters. The molecular weight excluding hydrogens is 470 g/mol. The van der Waals surface area contributed by atoms with Crippen LogP contribution in [0.2, 0.25) is 0 Å². The molecule has 0 radical (unpaired) electrons. The van der Waals surface area contributed by atoms with Gasteiger partial charge in [0.05, 0.1) is 0 Å². The van der Waals surface area contributed by atoms with E-state index < -0.39 is 0 Å². The lowest BCUT2D eigenvalue weighted by atomic mass is 9.47. The zero-order valence-electron chi connectivity index (χ0n) is 22.4. The number of benzene rings is 5. The highest BCUT2D eigenvalue weighted by molar-refractivity contribution is 5.99. The Bertz CT molecular complexity index is 1610. The summed E-state index contributed by atoms with van der Waals surface area (Å²) in [4.78, 5) is 0. The molecule has 4 bridgehead atoms. The third kappa shape index (κ3) is 3.98. The first kappa shape index (κ1) is 23.1. The van der Waals surface area contributed by atoms with Crippen LogP contribution >= 0.6 is 0 Å². The third-order valence-corrected chi connectivity index (χ3v) is 10.0. The van der Waals surface area contributed by atoms with Crippen LogP contribution in [-0.4, -0.2) is 0 Å². The fraction of sp³-hybridized carbons (Fsp3) is 0.263. The fourth-order valence-electron chi connectivity index (χ4n) is 8.80. The van der Waals surface area contributed by atoms with Gasteiger partial charge in [0.2, 0.25) is 0 Å². The molecule has 0 unspecified atom stereocenters. The van der Waals surface area contributed by atoms with E-state index in [0.717, 1.165) is 29.1 Å². The number of para-hydroxylation sites is 1. The van der Waals surface area contributed by atoms with Crippen molar-refractivity contribution in [2.75, 3.05) is 5.32 Å². The Morgan fingerprint density at radius 3 is 1.79 bits per heavy atom. The lowest BCUT2D eigenvalue weighted by Gasteiger charge is -2.57. The molecule has 4 saturated carbocycles. The molecule has 0 heterocycles. The third-order valence-electron chi connectivity index (χ3n) is 10.0. The van der Waals surface area contributed by atoms with Gasteiger partial charge >= 0.3 is 0 Å². The van der Waals surface area contributed by atoms with Crippen molar-refractivity contribution < 1.29 is 0 Å². The van der Waals surface area contributed by atoms with Gasteiger partial charge in [0, 0.05) is 16.9 Å². The van der Waals surface area contributed by atoms with E-state index in [-0.39, 0.29) is 0 Å². The molecule has 1 nitrogen and oxygen atoms in total. The van der Waals surface area contributed by atoms with Crippen LogP contribution in [-0.2, 0) is 5.41 Å². The maximum atomic E-state index is 3.67.